The van der Waals surface area contributed by atoms with Crippen LogP contribution in [0.5, 0.6) is 0 Å². The highest BCUT2D eigenvalue weighted by molar-refractivity contribution is 6.28. The average Bonchev–Trinajstić information content (AvgIpc) is 3.34. The number of amides is 1. The first-order valence-electron chi connectivity index (χ1n) is 7.80. The molecule has 0 aliphatic rings. The number of aromatic nitrogens is 4. The average molecular weight is 374 g/mol. The molecular weight excluding hydrogens is 361 g/mol. The summed E-state index contributed by atoms with van der Waals surface area (Å²) < 4.78 is 19.6. The molecule has 0 saturated carbocycles. The van der Waals surface area contributed by atoms with Crippen molar-refractivity contribution in [2.45, 2.75) is 6.42 Å². The van der Waals surface area contributed by atoms with Crippen molar-refractivity contribution in [3.8, 4) is 11.6 Å². The number of hydrogen-bond donors (Lipinski definition) is 3. The molecule has 0 radical (unpaired) electrons. The van der Waals surface area contributed by atoms with Gasteiger partial charge in [0.25, 0.3) is 5.91 Å². The second-order valence-corrected chi connectivity index (χ2v) is 5.99. The molecule has 0 aliphatic carbocycles. The molecule has 3 heterocycles. The molecule has 0 spiro atoms. The van der Waals surface area contributed by atoms with Gasteiger partial charge in [0.2, 0.25) is 0 Å². The van der Waals surface area contributed by atoms with E-state index in [-0.39, 0.29) is 10.8 Å². The van der Waals surface area contributed by atoms with Gasteiger partial charge in [0.1, 0.15) is 5.82 Å². The van der Waals surface area contributed by atoms with E-state index in [9.17, 15) is 9.18 Å². The van der Waals surface area contributed by atoms with Gasteiger partial charge in [-0.05, 0) is 29.8 Å². The molecule has 0 atom stereocenters. The topological polar surface area (TPSA) is 99.6 Å². The quantitative estimate of drug-likeness (QED) is 0.499. The summed E-state index contributed by atoms with van der Waals surface area (Å²) in [4.78, 5) is 26.4. The van der Waals surface area contributed by atoms with E-state index < -0.39 is 11.7 Å². The number of nitrogens with one attached hydrogen (secondary N) is 3. The van der Waals surface area contributed by atoms with Crippen LogP contribution in [0.25, 0.3) is 22.6 Å². The van der Waals surface area contributed by atoms with Crippen LogP contribution in [0.2, 0.25) is 5.22 Å². The third-order valence-corrected chi connectivity index (χ3v) is 4.06. The number of furan rings is 1. The minimum atomic E-state index is -0.635. The first-order valence-corrected chi connectivity index (χ1v) is 8.18. The lowest BCUT2D eigenvalue weighted by atomic mass is 10.1. The number of benzene rings is 1. The van der Waals surface area contributed by atoms with E-state index in [0.717, 1.165) is 5.69 Å². The standard InChI is InChI=1S/C17H13ClFN5O2/c18-15-2-1-14(26-15)16-23-12-5-10(11(19)6-13(12)24-16)17(25)21-4-3-9-7-20-8-22-9/h1-2,5-8H,3-4H2,(H,20,22)(H,21,25)(H,23,24). The fraction of sp³-hybridized carbons (Fsp3) is 0.118. The first-order chi connectivity index (χ1) is 12.6. The number of carbonyl (C=O) groups is 1. The largest absolute Gasteiger partial charge is 0.441 e. The molecule has 0 bridgehead atoms. The van der Waals surface area contributed by atoms with Crippen LogP contribution in [0.15, 0.2) is 41.2 Å². The summed E-state index contributed by atoms with van der Waals surface area (Å²) in [5.41, 5.74) is 1.72. The Labute approximate surface area is 151 Å². The van der Waals surface area contributed by atoms with Crippen molar-refractivity contribution in [2.75, 3.05) is 6.54 Å². The second-order valence-electron chi connectivity index (χ2n) is 5.62. The van der Waals surface area contributed by atoms with Crippen LogP contribution in [-0.4, -0.2) is 32.4 Å². The van der Waals surface area contributed by atoms with E-state index >= 15 is 0 Å². The highest BCUT2D eigenvalue weighted by Gasteiger charge is 2.16. The summed E-state index contributed by atoms with van der Waals surface area (Å²) in [6, 6.07) is 5.88. The van der Waals surface area contributed by atoms with Crippen molar-refractivity contribution in [3.63, 3.8) is 0 Å². The second kappa shape index (κ2) is 6.64. The Morgan fingerprint density at radius 2 is 2.23 bits per heavy atom. The van der Waals surface area contributed by atoms with E-state index in [4.69, 9.17) is 16.0 Å². The number of H-pyrrole nitrogens is 2. The summed E-state index contributed by atoms with van der Waals surface area (Å²) in [6.45, 7) is 0.356. The molecular formula is C17H13ClFN5O2. The summed E-state index contributed by atoms with van der Waals surface area (Å²) in [6.07, 6.45) is 3.80. The zero-order chi connectivity index (χ0) is 18.1. The Bertz CT molecular complexity index is 1070. The Kier molecular flexibility index (Phi) is 4.18. The Balaban J connectivity index is 1.55. The molecule has 4 aromatic rings. The number of imidazole rings is 2. The zero-order valence-corrected chi connectivity index (χ0v) is 14.1. The molecule has 4 rings (SSSR count). The van der Waals surface area contributed by atoms with Gasteiger partial charge in [0.05, 0.1) is 22.9 Å². The van der Waals surface area contributed by atoms with Crippen molar-refractivity contribution >= 4 is 28.5 Å². The number of fused-ring (bicyclic) bond motifs is 1. The van der Waals surface area contributed by atoms with Gasteiger partial charge in [-0.1, -0.05) is 0 Å². The molecule has 0 saturated heterocycles. The van der Waals surface area contributed by atoms with Crippen LogP contribution in [0.3, 0.4) is 0 Å². The Morgan fingerprint density at radius 3 is 2.96 bits per heavy atom. The molecule has 9 heteroatoms. The molecule has 7 nitrogen and oxygen atoms in total. The van der Waals surface area contributed by atoms with Gasteiger partial charge in [-0.3, -0.25) is 4.79 Å². The van der Waals surface area contributed by atoms with Gasteiger partial charge < -0.3 is 19.7 Å². The van der Waals surface area contributed by atoms with Crippen molar-refractivity contribution in [2.24, 2.45) is 0 Å². The third kappa shape index (κ3) is 3.18. The number of nitrogens with zero attached hydrogens (tertiary/aromatic N) is 2. The molecule has 3 N–H and O–H groups in total. The Hall–Kier alpha value is -3.13. The number of carbonyl (C=O) groups excluding carboxylic acids is 1. The third-order valence-electron chi connectivity index (χ3n) is 3.86. The highest BCUT2D eigenvalue weighted by atomic mass is 35.5. The lowest BCUT2D eigenvalue weighted by Gasteiger charge is -2.05. The lowest BCUT2D eigenvalue weighted by molar-refractivity contribution is 0.0950. The van der Waals surface area contributed by atoms with Crippen LogP contribution in [0, 0.1) is 5.82 Å². The van der Waals surface area contributed by atoms with E-state index in [0.29, 0.717) is 35.6 Å². The molecule has 1 amide bonds. The maximum atomic E-state index is 14.3. The van der Waals surface area contributed by atoms with Crippen LogP contribution < -0.4 is 5.32 Å². The molecule has 0 fully saturated rings. The molecule has 0 unspecified atom stereocenters. The summed E-state index contributed by atoms with van der Waals surface area (Å²) in [5.74, 6) is -0.306. The smallest absolute Gasteiger partial charge is 0.254 e. The number of hydrogen-bond acceptors (Lipinski definition) is 4. The fourth-order valence-electron chi connectivity index (χ4n) is 2.59. The summed E-state index contributed by atoms with van der Waals surface area (Å²) in [7, 11) is 0. The molecule has 132 valence electrons. The van der Waals surface area contributed by atoms with Crippen molar-refractivity contribution in [1.82, 2.24) is 25.3 Å². The maximum Gasteiger partial charge on any atom is 0.254 e. The van der Waals surface area contributed by atoms with Crippen molar-refractivity contribution in [3.05, 3.63) is 59.1 Å². The first kappa shape index (κ1) is 16.3. The summed E-state index contributed by atoms with van der Waals surface area (Å²) in [5, 5.41) is 2.91. The minimum Gasteiger partial charge on any atom is -0.441 e. The molecule has 26 heavy (non-hydrogen) atoms. The monoisotopic (exact) mass is 373 g/mol. The summed E-state index contributed by atoms with van der Waals surface area (Å²) >= 11 is 5.76. The van der Waals surface area contributed by atoms with E-state index in [1.165, 1.54) is 12.1 Å². The van der Waals surface area contributed by atoms with Crippen molar-refractivity contribution in [1.29, 1.82) is 0 Å². The van der Waals surface area contributed by atoms with Crippen LogP contribution >= 0.6 is 11.6 Å². The number of rotatable bonds is 5. The SMILES string of the molecule is O=C(NCCc1cnc[nH]1)c1cc2nc(-c3ccc(Cl)o3)[nH]c2cc1F. The van der Waals surface area contributed by atoms with Crippen LogP contribution in [-0.2, 0) is 6.42 Å². The number of halogens is 2. The van der Waals surface area contributed by atoms with Gasteiger partial charge in [0.15, 0.2) is 16.8 Å². The number of aromatic amines is 2. The fourth-order valence-corrected chi connectivity index (χ4v) is 2.74. The van der Waals surface area contributed by atoms with Gasteiger partial charge in [-0.15, -0.1) is 0 Å². The van der Waals surface area contributed by atoms with Gasteiger partial charge in [0, 0.05) is 30.9 Å². The molecule has 1 aromatic carbocycles. The zero-order valence-electron chi connectivity index (χ0n) is 13.3. The minimum absolute atomic E-state index is 0.0716. The van der Waals surface area contributed by atoms with Crippen molar-refractivity contribution < 1.29 is 13.6 Å². The van der Waals surface area contributed by atoms with Gasteiger partial charge in [-0.25, -0.2) is 14.4 Å². The predicted octanol–water partition coefficient (Wildman–Crippen LogP) is 3.31. The normalized spacial score (nSPS) is 11.2. The van der Waals surface area contributed by atoms with Crippen LogP contribution in [0.1, 0.15) is 16.1 Å². The Morgan fingerprint density at radius 1 is 1.35 bits per heavy atom. The van der Waals surface area contributed by atoms with Gasteiger partial charge >= 0.3 is 0 Å². The van der Waals surface area contributed by atoms with Crippen LogP contribution in [0.4, 0.5) is 4.39 Å². The van der Waals surface area contributed by atoms with Gasteiger partial charge in [-0.2, -0.15) is 0 Å². The molecule has 3 aromatic heterocycles. The molecule has 0 aliphatic heterocycles. The van der Waals surface area contributed by atoms with E-state index in [1.807, 2.05) is 0 Å². The maximum absolute atomic E-state index is 14.3. The van der Waals surface area contributed by atoms with E-state index in [2.05, 4.69) is 25.3 Å². The van der Waals surface area contributed by atoms with E-state index in [1.54, 1.807) is 24.7 Å². The lowest BCUT2D eigenvalue weighted by Crippen LogP contribution is -2.26. The predicted molar refractivity (Wildman–Crippen MR) is 93.4 cm³/mol. The highest BCUT2D eigenvalue weighted by Crippen LogP contribution is 2.26.